The molecule has 0 aromatic carbocycles. The Morgan fingerprint density at radius 1 is 1.17 bits per heavy atom. The lowest BCUT2D eigenvalue weighted by Crippen LogP contribution is -2.51. The second-order valence-corrected chi connectivity index (χ2v) is 7.90. The van der Waals surface area contributed by atoms with Crippen LogP contribution in [0.4, 0.5) is 0 Å². The number of aliphatic hydroxyl groups excluding tert-OH is 1. The van der Waals surface area contributed by atoms with Crippen molar-refractivity contribution in [3.63, 3.8) is 0 Å². The van der Waals surface area contributed by atoms with Crippen LogP contribution in [0.5, 0.6) is 0 Å². The van der Waals surface area contributed by atoms with E-state index < -0.39 is 35.8 Å². The number of carbonyl (C=O) groups is 3. The number of amides is 2. The summed E-state index contributed by atoms with van der Waals surface area (Å²) < 4.78 is 5.54. The van der Waals surface area contributed by atoms with Gasteiger partial charge in [-0.05, 0) is 50.5 Å². The molecule has 1 saturated carbocycles. The van der Waals surface area contributed by atoms with Gasteiger partial charge in [0.15, 0.2) is 6.04 Å². The Kier molecular flexibility index (Phi) is 11.1. The van der Waals surface area contributed by atoms with Gasteiger partial charge >= 0.3 is 5.97 Å². The summed E-state index contributed by atoms with van der Waals surface area (Å²) in [5.41, 5.74) is 1.67. The van der Waals surface area contributed by atoms with Crippen LogP contribution in [0.3, 0.4) is 0 Å². The van der Waals surface area contributed by atoms with Crippen molar-refractivity contribution in [3.05, 3.63) is 36.5 Å². The van der Waals surface area contributed by atoms with Gasteiger partial charge in [-0.15, -0.1) is 0 Å². The number of aliphatic hydroxyl groups is 1. The molecule has 1 fully saturated rings. The minimum absolute atomic E-state index is 0.0245. The van der Waals surface area contributed by atoms with E-state index >= 15 is 0 Å². The molecule has 0 heterocycles. The van der Waals surface area contributed by atoms with Gasteiger partial charge in [0.25, 0.3) is 5.91 Å². The minimum Gasteiger partial charge on any atom is -0.461 e. The number of rotatable bonds is 11. The highest BCUT2D eigenvalue weighted by Crippen LogP contribution is 2.23. The summed E-state index contributed by atoms with van der Waals surface area (Å²) >= 11 is 0. The van der Waals surface area contributed by atoms with Crippen LogP contribution in [-0.4, -0.2) is 46.3 Å². The van der Waals surface area contributed by atoms with Crippen LogP contribution >= 0.6 is 0 Å². The largest absolute Gasteiger partial charge is 0.461 e. The van der Waals surface area contributed by atoms with Gasteiger partial charge in [-0.3, -0.25) is 14.8 Å². The third-order valence-corrected chi connectivity index (χ3v) is 4.91. The van der Waals surface area contributed by atoms with Crippen molar-refractivity contribution in [2.45, 2.75) is 71.1 Å². The molecular formula is C22H34N2O6. The molecule has 168 valence electrons. The average Bonchev–Trinajstić information content (AvgIpc) is 3.21. The predicted molar refractivity (Wildman–Crippen MR) is 112 cm³/mol. The second-order valence-electron chi connectivity index (χ2n) is 7.90. The first-order valence-corrected chi connectivity index (χ1v) is 10.3. The molecule has 0 unspecified atom stereocenters. The molecule has 4 N–H and O–H groups in total. The van der Waals surface area contributed by atoms with Crippen molar-refractivity contribution < 1.29 is 29.4 Å². The fourth-order valence-electron chi connectivity index (χ4n) is 3.31. The number of hydroxylamine groups is 1. The average molecular weight is 423 g/mol. The highest BCUT2D eigenvalue weighted by Gasteiger charge is 2.36. The summed E-state index contributed by atoms with van der Waals surface area (Å²) in [5, 5.41) is 21.6. The maximum absolute atomic E-state index is 12.9. The predicted octanol–water partition coefficient (Wildman–Crippen LogP) is 2.17. The molecule has 30 heavy (non-hydrogen) atoms. The number of ether oxygens (including phenoxy) is 1. The maximum Gasteiger partial charge on any atom is 0.333 e. The van der Waals surface area contributed by atoms with Gasteiger partial charge in [0, 0.05) is 0 Å². The van der Waals surface area contributed by atoms with Crippen molar-refractivity contribution in [1.82, 2.24) is 10.8 Å². The molecule has 0 bridgehead atoms. The molecule has 1 rings (SSSR count). The van der Waals surface area contributed by atoms with E-state index in [1.807, 2.05) is 20.8 Å². The van der Waals surface area contributed by atoms with Crippen LogP contribution in [0.15, 0.2) is 36.5 Å². The van der Waals surface area contributed by atoms with Gasteiger partial charge in [-0.25, -0.2) is 10.3 Å². The quantitative estimate of drug-likeness (QED) is 0.175. The Bertz CT molecular complexity index is 665. The molecule has 0 aromatic rings. The molecule has 0 radical (unpaired) electrons. The molecular weight excluding hydrogens is 388 g/mol. The van der Waals surface area contributed by atoms with Gasteiger partial charge in [0.05, 0.1) is 5.92 Å². The molecule has 0 aliphatic heterocycles. The normalized spacial score (nSPS) is 17.8. The molecule has 0 spiro atoms. The number of hydrogen-bond donors (Lipinski definition) is 4. The van der Waals surface area contributed by atoms with E-state index in [2.05, 4.69) is 11.9 Å². The minimum atomic E-state index is -1.77. The maximum atomic E-state index is 12.9. The number of esters is 1. The first-order chi connectivity index (χ1) is 14.2. The van der Waals surface area contributed by atoms with Crippen molar-refractivity contribution in [1.29, 1.82) is 0 Å². The first kappa shape index (κ1) is 25.6. The summed E-state index contributed by atoms with van der Waals surface area (Å²) in [7, 11) is 0. The zero-order valence-electron chi connectivity index (χ0n) is 18.0. The zero-order chi connectivity index (χ0) is 22.7. The van der Waals surface area contributed by atoms with E-state index in [4.69, 9.17) is 9.94 Å². The Morgan fingerprint density at radius 2 is 1.80 bits per heavy atom. The summed E-state index contributed by atoms with van der Waals surface area (Å²) in [6, 6.07) is -1.15. The highest BCUT2D eigenvalue weighted by molar-refractivity contribution is 5.92. The van der Waals surface area contributed by atoms with E-state index in [0.717, 1.165) is 25.7 Å². The third-order valence-electron chi connectivity index (χ3n) is 4.91. The second kappa shape index (κ2) is 13.0. The number of allylic oxidation sites excluding steroid dienone is 3. The lowest BCUT2D eigenvalue weighted by atomic mass is 9.90. The number of hydrogen-bond acceptors (Lipinski definition) is 6. The van der Waals surface area contributed by atoms with Crippen LogP contribution in [0, 0.1) is 11.8 Å². The van der Waals surface area contributed by atoms with E-state index in [1.165, 1.54) is 5.48 Å². The molecule has 1 aliphatic carbocycles. The van der Waals surface area contributed by atoms with Gasteiger partial charge < -0.3 is 15.2 Å². The Morgan fingerprint density at radius 3 is 2.33 bits per heavy atom. The van der Waals surface area contributed by atoms with E-state index in [9.17, 15) is 19.5 Å². The number of nitrogens with one attached hydrogen (secondary N) is 2. The third kappa shape index (κ3) is 8.12. The number of carbonyl (C=O) groups excluding carboxylic acids is 3. The summed E-state index contributed by atoms with van der Waals surface area (Å²) in [6.07, 6.45) is 8.56. The van der Waals surface area contributed by atoms with Gasteiger partial charge in [0.2, 0.25) is 5.91 Å². The molecule has 8 heteroatoms. The SMILES string of the molecule is C=C(/C=C\C=C/C)[C@H](NC(=O)[C@H](CC(C)C)[C@H](O)C(=O)NO)C(=O)OC1CCCC1. The lowest BCUT2D eigenvalue weighted by Gasteiger charge is -2.26. The monoisotopic (exact) mass is 422 g/mol. The lowest BCUT2D eigenvalue weighted by molar-refractivity contribution is -0.153. The Labute approximate surface area is 178 Å². The fraction of sp³-hybridized carbons (Fsp3) is 0.591. The molecule has 8 nitrogen and oxygen atoms in total. The van der Waals surface area contributed by atoms with Crippen molar-refractivity contribution in [3.8, 4) is 0 Å². The highest BCUT2D eigenvalue weighted by atomic mass is 16.5. The van der Waals surface area contributed by atoms with E-state index in [-0.39, 0.29) is 18.4 Å². The van der Waals surface area contributed by atoms with Crippen LogP contribution in [0.2, 0.25) is 0 Å². The van der Waals surface area contributed by atoms with Crippen LogP contribution in [0.1, 0.15) is 52.9 Å². The van der Waals surface area contributed by atoms with Crippen LogP contribution < -0.4 is 10.8 Å². The van der Waals surface area contributed by atoms with E-state index in [0.29, 0.717) is 5.57 Å². The summed E-state index contributed by atoms with van der Waals surface area (Å²) in [5.74, 6) is -3.61. The van der Waals surface area contributed by atoms with Crippen molar-refractivity contribution >= 4 is 17.8 Å². The molecule has 1 aliphatic rings. The Balaban J connectivity index is 3.04. The van der Waals surface area contributed by atoms with Crippen molar-refractivity contribution in [2.75, 3.05) is 0 Å². The first-order valence-electron chi connectivity index (χ1n) is 10.3. The van der Waals surface area contributed by atoms with Crippen molar-refractivity contribution in [2.24, 2.45) is 11.8 Å². The Hall–Kier alpha value is -2.45. The smallest absolute Gasteiger partial charge is 0.333 e. The summed E-state index contributed by atoms with van der Waals surface area (Å²) in [4.78, 5) is 37.4. The van der Waals surface area contributed by atoms with Gasteiger partial charge in [-0.1, -0.05) is 44.7 Å². The van der Waals surface area contributed by atoms with Gasteiger partial charge in [0.1, 0.15) is 12.2 Å². The zero-order valence-corrected chi connectivity index (χ0v) is 18.0. The summed E-state index contributed by atoms with van der Waals surface area (Å²) in [6.45, 7) is 9.37. The standard InChI is InChI=1S/C22H34N2O6/c1-5-6-7-10-15(4)18(22(28)30-16-11-8-9-12-16)23-20(26)17(13-14(2)3)19(25)21(27)24-29/h5-7,10,14,16-19,25,29H,4,8-9,11-13H2,1-3H3,(H,23,26)(H,24,27)/b6-5-,10-7-/t17-,18+,19+/m1/s1. The fourth-order valence-corrected chi connectivity index (χ4v) is 3.31. The van der Waals surface area contributed by atoms with Crippen LogP contribution in [-0.2, 0) is 19.1 Å². The van der Waals surface area contributed by atoms with Gasteiger partial charge in [-0.2, -0.15) is 0 Å². The van der Waals surface area contributed by atoms with E-state index in [1.54, 1.807) is 24.3 Å². The molecule has 0 saturated heterocycles. The molecule has 2 amide bonds. The molecule has 3 atom stereocenters. The topological polar surface area (TPSA) is 125 Å². The molecule has 0 aromatic heterocycles. The van der Waals surface area contributed by atoms with Crippen LogP contribution in [0.25, 0.3) is 0 Å².